The van der Waals surface area contributed by atoms with Crippen molar-refractivity contribution in [2.24, 2.45) is 0 Å². The molecule has 0 spiro atoms. The fourth-order valence-electron chi connectivity index (χ4n) is 4.44. The number of aromatic nitrogens is 4. The monoisotopic (exact) mass is 527 g/mol. The molecule has 0 aliphatic heterocycles. The smallest absolute Gasteiger partial charge is 0.325 e. The first kappa shape index (κ1) is 25.4. The van der Waals surface area contributed by atoms with Gasteiger partial charge in [-0.25, -0.2) is 0 Å². The number of carboxylic acids is 1. The molecule has 2 aromatic carbocycles. The summed E-state index contributed by atoms with van der Waals surface area (Å²) in [4.78, 5) is 27.6. The largest absolute Gasteiger partial charge is 0.480 e. The van der Waals surface area contributed by atoms with Crippen LogP contribution in [0.4, 0.5) is 0 Å². The summed E-state index contributed by atoms with van der Waals surface area (Å²) in [6, 6.07) is 20.9. The normalized spacial score (nSPS) is 11.2. The van der Waals surface area contributed by atoms with Crippen LogP contribution >= 0.6 is 11.6 Å². The summed E-state index contributed by atoms with van der Waals surface area (Å²) in [6.07, 6.45) is 6.23. The number of aliphatic carboxylic acids is 1. The highest BCUT2D eigenvalue weighted by Crippen LogP contribution is 2.23. The molecule has 0 fully saturated rings. The second kappa shape index (κ2) is 11.4. The Morgan fingerprint density at radius 1 is 0.921 bits per heavy atom. The van der Waals surface area contributed by atoms with Gasteiger partial charge in [-0.15, -0.1) is 0 Å². The van der Waals surface area contributed by atoms with E-state index in [-0.39, 0.29) is 12.1 Å². The molecular weight excluding hydrogens is 502 g/mol. The number of nitrogens with one attached hydrogen (secondary N) is 1. The molecule has 5 rings (SSSR count). The van der Waals surface area contributed by atoms with Crippen molar-refractivity contribution in [3.63, 3.8) is 0 Å². The molecule has 0 atom stereocenters. The SMILES string of the molecule is O=C(O)Cn1nc(CNCc2cncc(Cc3ccc(Cn4ccccc4=O)cc3)c2)c2cc(Cl)ccc21. The quantitative estimate of drug-likeness (QED) is 0.281. The minimum atomic E-state index is -0.951. The van der Waals surface area contributed by atoms with Crippen molar-refractivity contribution in [2.45, 2.75) is 32.6 Å². The molecular formula is C29H26ClN5O3. The van der Waals surface area contributed by atoms with E-state index in [0.29, 0.717) is 24.7 Å². The molecule has 0 aliphatic rings. The van der Waals surface area contributed by atoms with E-state index < -0.39 is 5.97 Å². The second-order valence-electron chi connectivity index (χ2n) is 9.12. The summed E-state index contributed by atoms with van der Waals surface area (Å²) in [6.45, 7) is 1.37. The van der Waals surface area contributed by atoms with Gasteiger partial charge in [0.25, 0.3) is 5.56 Å². The Balaban J connectivity index is 1.21. The molecule has 0 aliphatic carbocycles. The maximum absolute atomic E-state index is 11.9. The lowest BCUT2D eigenvalue weighted by Crippen LogP contribution is -2.18. The Labute approximate surface area is 224 Å². The van der Waals surface area contributed by atoms with Crippen LogP contribution in [0.15, 0.2) is 90.1 Å². The summed E-state index contributed by atoms with van der Waals surface area (Å²) in [7, 11) is 0. The summed E-state index contributed by atoms with van der Waals surface area (Å²) in [5.74, 6) is -0.951. The number of pyridine rings is 2. The standard InChI is InChI=1S/C29H26ClN5O3/c30-24-8-9-27-25(13-24)26(33-35(27)19-29(37)38)17-32-16-23-12-22(14-31-15-23)11-20-4-6-21(7-5-20)18-34-10-2-1-3-28(34)36/h1-10,12-15,32H,11,16-19H2,(H,37,38). The highest BCUT2D eigenvalue weighted by Gasteiger charge is 2.13. The van der Waals surface area contributed by atoms with Crippen molar-refractivity contribution in [1.29, 1.82) is 0 Å². The molecule has 5 aromatic rings. The topological polar surface area (TPSA) is 102 Å². The van der Waals surface area contributed by atoms with Crippen LogP contribution in [-0.4, -0.2) is 30.4 Å². The first-order valence-electron chi connectivity index (χ1n) is 12.2. The lowest BCUT2D eigenvalue weighted by atomic mass is 10.0. The van der Waals surface area contributed by atoms with Gasteiger partial charge in [0, 0.05) is 48.2 Å². The zero-order chi connectivity index (χ0) is 26.5. The Bertz CT molecular complexity index is 1640. The minimum absolute atomic E-state index is 0.0151. The highest BCUT2D eigenvalue weighted by atomic mass is 35.5. The molecule has 0 unspecified atom stereocenters. The van der Waals surface area contributed by atoms with Gasteiger partial charge in [0.1, 0.15) is 6.54 Å². The van der Waals surface area contributed by atoms with Gasteiger partial charge < -0.3 is 15.0 Å². The maximum atomic E-state index is 11.9. The Kier molecular flexibility index (Phi) is 7.62. The second-order valence-corrected chi connectivity index (χ2v) is 9.56. The first-order chi connectivity index (χ1) is 18.4. The van der Waals surface area contributed by atoms with Crippen LogP contribution in [-0.2, 0) is 37.4 Å². The lowest BCUT2D eigenvalue weighted by Gasteiger charge is -2.08. The number of carbonyl (C=O) groups is 1. The molecule has 38 heavy (non-hydrogen) atoms. The summed E-state index contributed by atoms with van der Waals surface area (Å²) >= 11 is 6.18. The van der Waals surface area contributed by atoms with Gasteiger partial charge in [0.2, 0.25) is 0 Å². The number of rotatable bonds is 10. The molecule has 0 radical (unpaired) electrons. The first-order valence-corrected chi connectivity index (χ1v) is 12.6. The molecule has 0 saturated carbocycles. The third kappa shape index (κ3) is 6.16. The summed E-state index contributed by atoms with van der Waals surface area (Å²) in [5.41, 5.74) is 5.82. The van der Waals surface area contributed by atoms with Gasteiger partial charge >= 0.3 is 5.97 Å². The zero-order valence-electron chi connectivity index (χ0n) is 20.5. The Morgan fingerprint density at radius 2 is 1.71 bits per heavy atom. The third-order valence-electron chi connectivity index (χ3n) is 6.23. The average molecular weight is 528 g/mol. The van der Waals surface area contributed by atoms with E-state index in [2.05, 4.69) is 33.6 Å². The summed E-state index contributed by atoms with van der Waals surface area (Å²) in [5, 5.41) is 18.5. The number of carboxylic acid groups (broad SMARTS) is 1. The molecule has 0 amide bonds. The van der Waals surface area contributed by atoms with Crippen LogP contribution < -0.4 is 10.9 Å². The van der Waals surface area contributed by atoms with Crippen LogP contribution in [0.25, 0.3) is 10.9 Å². The fourth-order valence-corrected chi connectivity index (χ4v) is 4.62. The highest BCUT2D eigenvalue weighted by molar-refractivity contribution is 6.31. The summed E-state index contributed by atoms with van der Waals surface area (Å²) < 4.78 is 3.17. The van der Waals surface area contributed by atoms with E-state index in [1.54, 1.807) is 35.0 Å². The number of hydrogen-bond donors (Lipinski definition) is 2. The predicted molar refractivity (Wildman–Crippen MR) is 146 cm³/mol. The van der Waals surface area contributed by atoms with Crippen LogP contribution in [0.2, 0.25) is 5.02 Å². The number of benzene rings is 2. The lowest BCUT2D eigenvalue weighted by molar-refractivity contribution is -0.137. The van der Waals surface area contributed by atoms with E-state index in [9.17, 15) is 14.7 Å². The van der Waals surface area contributed by atoms with Crippen molar-refractivity contribution in [3.05, 3.63) is 129 Å². The Hall–Kier alpha value is -4.27. The van der Waals surface area contributed by atoms with Crippen LogP contribution in [0, 0.1) is 0 Å². The third-order valence-corrected chi connectivity index (χ3v) is 6.47. The van der Waals surface area contributed by atoms with E-state index >= 15 is 0 Å². The van der Waals surface area contributed by atoms with Gasteiger partial charge in [-0.1, -0.05) is 48.0 Å². The van der Waals surface area contributed by atoms with E-state index in [4.69, 9.17) is 11.6 Å². The molecule has 192 valence electrons. The number of nitrogens with zero attached hydrogens (tertiary/aromatic N) is 4. The molecule has 2 N–H and O–H groups in total. The average Bonchev–Trinajstić information content (AvgIpc) is 3.22. The van der Waals surface area contributed by atoms with E-state index in [1.807, 2.05) is 36.7 Å². The van der Waals surface area contributed by atoms with Crippen molar-refractivity contribution in [3.8, 4) is 0 Å². The van der Waals surface area contributed by atoms with Crippen molar-refractivity contribution in [2.75, 3.05) is 0 Å². The maximum Gasteiger partial charge on any atom is 0.325 e. The van der Waals surface area contributed by atoms with Crippen LogP contribution in [0.5, 0.6) is 0 Å². The molecule has 0 saturated heterocycles. The van der Waals surface area contributed by atoms with Gasteiger partial charge in [-0.2, -0.15) is 5.10 Å². The molecule has 3 heterocycles. The zero-order valence-corrected chi connectivity index (χ0v) is 21.3. The van der Waals surface area contributed by atoms with Gasteiger partial charge in [0.05, 0.1) is 17.8 Å². The molecule has 9 heteroatoms. The van der Waals surface area contributed by atoms with E-state index in [0.717, 1.165) is 45.3 Å². The van der Waals surface area contributed by atoms with Crippen LogP contribution in [0.3, 0.4) is 0 Å². The van der Waals surface area contributed by atoms with Crippen molar-refractivity contribution >= 4 is 28.5 Å². The molecule has 0 bridgehead atoms. The van der Waals surface area contributed by atoms with Crippen molar-refractivity contribution in [1.82, 2.24) is 24.6 Å². The van der Waals surface area contributed by atoms with Gasteiger partial charge in [-0.3, -0.25) is 19.3 Å². The fraction of sp³-hybridized carbons (Fsp3) is 0.172. The molecule has 3 aromatic heterocycles. The number of hydrogen-bond acceptors (Lipinski definition) is 5. The van der Waals surface area contributed by atoms with E-state index in [1.165, 1.54) is 4.68 Å². The number of fused-ring (bicyclic) bond motifs is 1. The Morgan fingerprint density at radius 3 is 2.50 bits per heavy atom. The minimum Gasteiger partial charge on any atom is -0.480 e. The molecule has 8 nitrogen and oxygen atoms in total. The van der Waals surface area contributed by atoms with Crippen molar-refractivity contribution < 1.29 is 9.90 Å². The number of halogens is 1. The van der Waals surface area contributed by atoms with Crippen LogP contribution in [0.1, 0.15) is 27.9 Å². The van der Waals surface area contributed by atoms with Gasteiger partial charge in [0.15, 0.2) is 0 Å². The predicted octanol–water partition coefficient (Wildman–Crippen LogP) is 4.26. The van der Waals surface area contributed by atoms with Gasteiger partial charge in [-0.05, 0) is 52.9 Å².